The summed E-state index contributed by atoms with van der Waals surface area (Å²) in [6, 6.07) is 10.5. The van der Waals surface area contributed by atoms with Crippen molar-refractivity contribution in [1.29, 1.82) is 0 Å². The SMILES string of the molecule is CC(C)(O)CS(=O)(=O)c1ccc2ccccc2n1. The standard InChI is InChI=1S/C13H15NO3S/c1-13(2,15)9-18(16,17)12-8-7-10-5-3-4-6-11(10)14-12/h3-8,15H,9H2,1-2H3. The minimum absolute atomic E-state index is 0.00308. The van der Waals surface area contributed by atoms with Crippen LogP contribution in [-0.2, 0) is 9.84 Å². The molecule has 0 aliphatic rings. The van der Waals surface area contributed by atoms with E-state index in [1.807, 2.05) is 18.2 Å². The molecule has 0 aliphatic heterocycles. The molecule has 0 fully saturated rings. The molecule has 5 heteroatoms. The lowest BCUT2D eigenvalue weighted by atomic mass is 10.2. The highest BCUT2D eigenvalue weighted by atomic mass is 32.2. The van der Waals surface area contributed by atoms with Gasteiger partial charge in [-0.2, -0.15) is 0 Å². The number of hydrogen-bond acceptors (Lipinski definition) is 4. The highest BCUT2D eigenvalue weighted by Gasteiger charge is 2.26. The van der Waals surface area contributed by atoms with Crippen LogP contribution >= 0.6 is 0 Å². The first-order valence-corrected chi connectivity index (χ1v) is 7.24. The summed E-state index contributed by atoms with van der Waals surface area (Å²) < 4.78 is 24.1. The predicted octanol–water partition coefficient (Wildman–Crippen LogP) is 1.78. The van der Waals surface area contributed by atoms with Crippen LogP contribution in [0.2, 0.25) is 0 Å². The van der Waals surface area contributed by atoms with Gasteiger partial charge >= 0.3 is 0 Å². The summed E-state index contributed by atoms with van der Waals surface area (Å²) in [5.41, 5.74) is -0.638. The van der Waals surface area contributed by atoms with Crippen molar-refractivity contribution in [2.75, 3.05) is 5.75 Å². The van der Waals surface area contributed by atoms with Crippen LogP contribution in [0.25, 0.3) is 10.9 Å². The van der Waals surface area contributed by atoms with Crippen LogP contribution in [0.1, 0.15) is 13.8 Å². The Morgan fingerprint density at radius 2 is 1.83 bits per heavy atom. The van der Waals surface area contributed by atoms with E-state index in [0.717, 1.165) is 5.39 Å². The molecule has 1 aromatic heterocycles. The van der Waals surface area contributed by atoms with Crippen LogP contribution in [0.4, 0.5) is 0 Å². The molecule has 0 radical (unpaired) electrons. The topological polar surface area (TPSA) is 67.3 Å². The number of benzene rings is 1. The van der Waals surface area contributed by atoms with Gasteiger partial charge in [0.05, 0.1) is 16.9 Å². The molecule has 0 saturated carbocycles. The van der Waals surface area contributed by atoms with Crippen LogP contribution in [0, 0.1) is 0 Å². The molecule has 0 spiro atoms. The number of fused-ring (bicyclic) bond motifs is 1. The maximum atomic E-state index is 12.1. The van der Waals surface area contributed by atoms with Gasteiger partial charge in [-0.05, 0) is 32.0 Å². The molecule has 0 unspecified atom stereocenters. The maximum absolute atomic E-state index is 12.1. The summed E-state index contributed by atoms with van der Waals surface area (Å²) in [5.74, 6) is -0.342. The summed E-state index contributed by atoms with van der Waals surface area (Å²) in [5, 5.41) is 10.5. The van der Waals surface area contributed by atoms with Crippen molar-refractivity contribution < 1.29 is 13.5 Å². The van der Waals surface area contributed by atoms with Gasteiger partial charge in [0.15, 0.2) is 14.9 Å². The molecule has 2 rings (SSSR count). The molecule has 2 aromatic rings. The zero-order chi connectivity index (χ0) is 13.4. The van der Waals surface area contributed by atoms with E-state index in [0.29, 0.717) is 5.52 Å². The van der Waals surface area contributed by atoms with Crippen molar-refractivity contribution in [2.24, 2.45) is 0 Å². The van der Waals surface area contributed by atoms with Gasteiger partial charge in [0.2, 0.25) is 0 Å². The fourth-order valence-electron chi connectivity index (χ4n) is 1.76. The molecular weight excluding hydrogens is 250 g/mol. The molecule has 96 valence electrons. The zero-order valence-electron chi connectivity index (χ0n) is 10.3. The van der Waals surface area contributed by atoms with Gasteiger partial charge in [-0.25, -0.2) is 13.4 Å². The molecule has 0 saturated heterocycles. The average Bonchev–Trinajstić information content (AvgIpc) is 2.25. The maximum Gasteiger partial charge on any atom is 0.198 e. The van der Waals surface area contributed by atoms with E-state index in [2.05, 4.69) is 4.98 Å². The van der Waals surface area contributed by atoms with Crippen LogP contribution in [0.15, 0.2) is 41.4 Å². The van der Waals surface area contributed by atoms with E-state index in [-0.39, 0.29) is 10.8 Å². The number of hydrogen-bond donors (Lipinski definition) is 1. The second-order valence-corrected chi connectivity index (χ2v) is 6.85. The first-order chi connectivity index (χ1) is 8.28. The molecule has 18 heavy (non-hydrogen) atoms. The number of nitrogens with zero attached hydrogens (tertiary/aromatic N) is 1. The van der Waals surface area contributed by atoms with Gasteiger partial charge in [0.1, 0.15) is 0 Å². The Hall–Kier alpha value is -1.46. The lowest BCUT2D eigenvalue weighted by Gasteiger charge is -2.16. The van der Waals surface area contributed by atoms with Crippen molar-refractivity contribution in [3.63, 3.8) is 0 Å². The quantitative estimate of drug-likeness (QED) is 0.918. The Morgan fingerprint density at radius 1 is 1.17 bits per heavy atom. The normalized spacial score (nSPS) is 12.8. The largest absolute Gasteiger partial charge is 0.389 e. The van der Waals surface area contributed by atoms with E-state index in [9.17, 15) is 13.5 Å². The highest BCUT2D eigenvalue weighted by Crippen LogP contribution is 2.18. The zero-order valence-corrected chi connectivity index (χ0v) is 11.1. The van der Waals surface area contributed by atoms with Crippen molar-refractivity contribution in [3.8, 4) is 0 Å². The molecule has 4 nitrogen and oxygen atoms in total. The van der Waals surface area contributed by atoms with Crippen molar-refractivity contribution >= 4 is 20.7 Å². The Kier molecular flexibility index (Phi) is 3.12. The molecule has 1 N–H and O–H groups in total. The Balaban J connectivity index is 2.48. The summed E-state index contributed by atoms with van der Waals surface area (Å²) in [6.07, 6.45) is 0. The van der Waals surface area contributed by atoms with Gasteiger partial charge in [-0.15, -0.1) is 0 Å². The van der Waals surface area contributed by atoms with E-state index in [1.54, 1.807) is 12.1 Å². The summed E-state index contributed by atoms with van der Waals surface area (Å²) in [4.78, 5) is 4.13. The fourth-order valence-corrected chi connectivity index (χ4v) is 3.35. The van der Waals surface area contributed by atoms with E-state index in [4.69, 9.17) is 0 Å². The molecule has 0 atom stereocenters. The Labute approximate surface area is 106 Å². The monoisotopic (exact) mass is 265 g/mol. The minimum Gasteiger partial charge on any atom is -0.389 e. The van der Waals surface area contributed by atoms with Gasteiger partial charge < -0.3 is 5.11 Å². The number of pyridine rings is 1. The highest BCUT2D eigenvalue weighted by molar-refractivity contribution is 7.91. The smallest absolute Gasteiger partial charge is 0.198 e. The number of rotatable bonds is 3. The van der Waals surface area contributed by atoms with Gasteiger partial charge in [-0.3, -0.25) is 0 Å². The number of para-hydroxylation sites is 1. The third-order valence-electron chi connectivity index (χ3n) is 2.43. The average molecular weight is 265 g/mol. The lowest BCUT2D eigenvalue weighted by molar-refractivity contribution is 0.105. The Morgan fingerprint density at radius 3 is 2.50 bits per heavy atom. The van der Waals surface area contributed by atoms with E-state index >= 15 is 0 Å². The predicted molar refractivity (Wildman–Crippen MR) is 70.1 cm³/mol. The van der Waals surface area contributed by atoms with Crippen LogP contribution in [0.3, 0.4) is 0 Å². The summed E-state index contributed by atoms with van der Waals surface area (Å²) in [7, 11) is -3.57. The Bertz CT molecular complexity index is 672. The molecule has 0 amide bonds. The second-order valence-electron chi connectivity index (χ2n) is 4.91. The fraction of sp³-hybridized carbons (Fsp3) is 0.308. The first-order valence-electron chi connectivity index (χ1n) is 5.59. The first kappa shape index (κ1) is 13.0. The molecular formula is C13H15NO3S. The third-order valence-corrected chi connectivity index (χ3v) is 4.39. The summed E-state index contributed by atoms with van der Waals surface area (Å²) in [6.45, 7) is 2.93. The molecule has 0 aliphatic carbocycles. The second kappa shape index (κ2) is 4.33. The number of aliphatic hydroxyl groups is 1. The number of aromatic nitrogens is 1. The minimum atomic E-state index is -3.57. The van der Waals surface area contributed by atoms with E-state index in [1.165, 1.54) is 19.9 Å². The lowest BCUT2D eigenvalue weighted by Crippen LogP contribution is -2.30. The summed E-state index contributed by atoms with van der Waals surface area (Å²) >= 11 is 0. The van der Waals surface area contributed by atoms with Crippen molar-refractivity contribution in [1.82, 2.24) is 4.98 Å². The molecule has 0 bridgehead atoms. The molecule has 1 aromatic carbocycles. The van der Waals surface area contributed by atoms with Gasteiger partial charge in [-0.1, -0.05) is 18.2 Å². The molecule has 1 heterocycles. The van der Waals surface area contributed by atoms with Gasteiger partial charge in [0, 0.05) is 5.39 Å². The van der Waals surface area contributed by atoms with Crippen LogP contribution in [0.5, 0.6) is 0 Å². The number of sulfone groups is 1. The van der Waals surface area contributed by atoms with Crippen LogP contribution in [-0.4, -0.2) is 29.9 Å². The van der Waals surface area contributed by atoms with Crippen molar-refractivity contribution in [3.05, 3.63) is 36.4 Å². The van der Waals surface area contributed by atoms with E-state index < -0.39 is 15.4 Å². The third kappa shape index (κ3) is 2.86. The van der Waals surface area contributed by atoms with Gasteiger partial charge in [0.25, 0.3) is 0 Å². The van der Waals surface area contributed by atoms with Crippen molar-refractivity contribution in [2.45, 2.75) is 24.5 Å². The van der Waals surface area contributed by atoms with Crippen LogP contribution < -0.4 is 0 Å².